The number of fused-ring (bicyclic) bond motifs is 1. The fourth-order valence-corrected chi connectivity index (χ4v) is 2.25. The molecule has 0 amide bonds. The van der Waals surface area contributed by atoms with Crippen LogP contribution in [-0.2, 0) is 4.74 Å². The molecular weight excluding hydrogens is 212 g/mol. The lowest BCUT2D eigenvalue weighted by Crippen LogP contribution is -2.36. The monoisotopic (exact) mass is 228 g/mol. The van der Waals surface area contributed by atoms with Gasteiger partial charge in [-0.25, -0.2) is 4.98 Å². The summed E-state index contributed by atoms with van der Waals surface area (Å²) >= 11 is 0. The highest BCUT2D eigenvalue weighted by molar-refractivity contribution is 5.83. The maximum Gasteiger partial charge on any atom is 0.129 e. The Kier molecular flexibility index (Phi) is 2.69. The van der Waals surface area contributed by atoms with E-state index in [4.69, 9.17) is 9.72 Å². The molecule has 1 aliphatic rings. The van der Waals surface area contributed by atoms with E-state index >= 15 is 0 Å². The standard InChI is InChI=1S/C14H16N2O/c1-11-3-2-4-12-5-6-13(15-14(11)12)16-7-9-17-10-8-16/h2-6H,7-10H2,1H3. The van der Waals surface area contributed by atoms with Crippen molar-refractivity contribution in [2.75, 3.05) is 31.2 Å². The zero-order chi connectivity index (χ0) is 11.7. The van der Waals surface area contributed by atoms with Crippen molar-refractivity contribution in [3.8, 4) is 0 Å². The number of anilines is 1. The van der Waals surface area contributed by atoms with Crippen LogP contribution in [0.1, 0.15) is 5.56 Å². The minimum Gasteiger partial charge on any atom is -0.378 e. The average molecular weight is 228 g/mol. The van der Waals surface area contributed by atoms with E-state index in [1.807, 2.05) is 0 Å². The van der Waals surface area contributed by atoms with Gasteiger partial charge in [-0.2, -0.15) is 0 Å². The van der Waals surface area contributed by atoms with Crippen molar-refractivity contribution in [2.24, 2.45) is 0 Å². The smallest absolute Gasteiger partial charge is 0.129 e. The minimum absolute atomic E-state index is 0.799. The highest BCUT2D eigenvalue weighted by Crippen LogP contribution is 2.21. The Bertz CT molecular complexity index is 533. The molecule has 17 heavy (non-hydrogen) atoms. The van der Waals surface area contributed by atoms with Crippen LogP contribution in [0.25, 0.3) is 10.9 Å². The molecule has 0 N–H and O–H groups in total. The van der Waals surface area contributed by atoms with Gasteiger partial charge in [-0.15, -0.1) is 0 Å². The van der Waals surface area contributed by atoms with Gasteiger partial charge >= 0.3 is 0 Å². The molecule has 0 spiro atoms. The lowest BCUT2D eigenvalue weighted by atomic mass is 10.1. The summed E-state index contributed by atoms with van der Waals surface area (Å²) in [4.78, 5) is 7.06. The van der Waals surface area contributed by atoms with Gasteiger partial charge in [-0.3, -0.25) is 0 Å². The van der Waals surface area contributed by atoms with Gasteiger partial charge in [0.2, 0.25) is 0 Å². The third-order valence-electron chi connectivity index (χ3n) is 3.24. The first-order valence-corrected chi connectivity index (χ1v) is 6.04. The van der Waals surface area contributed by atoms with E-state index < -0.39 is 0 Å². The van der Waals surface area contributed by atoms with E-state index in [0.717, 1.165) is 37.6 Å². The molecular formula is C14H16N2O. The van der Waals surface area contributed by atoms with Crippen LogP contribution < -0.4 is 4.90 Å². The Morgan fingerprint density at radius 2 is 1.94 bits per heavy atom. The summed E-state index contributed by atoms with van der Waals surface area (Å²) in [7, 11) is 0. The first-order chi connectivity index (χ1) is 8.34. The number of morpholine rings is 1. The molecule has 2 heterocycles. The minimum atomic E-state index is 0.799. The van der Waals surface area contributed by atoms with Gasteiger partial charge < -0.3 is 9.64 Å². The maximum absolute atomic E-state index is 5.36. The van der Waals surface area contributed by atoms with E-state index in [1.54, 1.807) is 0 Å². The first-order valence-electron chi connectivity index (χ1n) is 6.04. The zero-order valence-corrected chi connectivity index (χ0v) is 10.0. The van der Waals surface area contributed by atoms with Gasteiger partial charge in [-0.1, -0.05) is 18.2 Å². The molecule has 3 rings (SSSR count). The number of pyridine rings is 1. The molecule has 0 aliphatic carbocycles. The van der Waals surface area contributed by atoms with Gasteiger partial charge in [0.1, 0.15) is 5.82 Å². The SMILES string of the molecule is Cc1cccc2ccc(N3CCOCC3)nc12. The van der Waals surface area contributed by atoms with Crippen LogP contribution in [0.4, 0.5) is 5.82 Å². The van der Waals surface area contributed by atoms with E-state index in [1.165, 1.54) is 10.9 Å². The van der Waals surface area contributed by atoms with Crippen molar-refractivity contribution in [1.29, 1.82) is 0 Å². The summed E-state index contributed by atoms with van der Waals surface area (Å²) in [5.41, 5.74) is 2.34. The van der Waals surface area contributed by atoms with Crippen molar-refractivity contribution in [3.05, 3.63) is 35.9 Å². The van der Waals surface area contributed by atoms with Gasteiger partial charge in [0.25, 0.3) is 0 Å². The first kappa shape index (κ1) is 10.5. The quantitative estimate of drug-likeness (QED) is 0.749. The highest BCUT2D eigenvalue weighted by atomic mass is 16.5. The third kappa shape index (κ3) is 1.98. The topological polar surface area (TPSA) is 25.4 Å². The lowest BCUT2D eigenvalue weighted by molar-refractivity contribution is 0.122. The summed E-state index contributed by atoms with van der Waals surface area (Å²) in [6.45, 7) is 5.58. The normalized spacial score (nSPS) is 16.4. The van der Waals surface area contributed by atoms with Crippen LogP contribution in [0.2, 0.25) is 0 Å². The van der Waals surface area contributed by atoms with E-state index in [9.17, 15) is 0 Å². The number of rotatable bonds is 1. The number of hydrogen-bond acceptors (Lipinski definition) is 3. The molecule has 1 fully saturated rings. The van der Waals surface area contributed by atoms with Crippen LogP contribution in [0.5, 0.6) is 0 Å². The van der Waals surface area contributed by atoms with Crippen LogP contribution in [0, 0.1) is 6.92 Å². The van der Waals surface area contributed by atoms with Crippen LogP contribution >= 0.6 is 0 Å². The van der Waals surface area contributed by atoms with Crippen LogP contribution in [0.3, 0.4) is 0 Å². The van der Waals surface area contributed by atoms with Crippen LogP contribution in [-0.4, -0.2) is 31.3 Å². The highest BCUT2D eigenvalue weighted by Gasteiger charge is 2.12. The second-order valence-electron chi connectivity index (χ2n) is 4.42. The number of benzene rings is 1. The van der Waals surface area contributed by atoms with E-state index in [0.29, 0.717) is 0 Å². The van der Waals surface area contributed by atoms with E-state index in [-0.39, 0.29) is 0 Å². The molecule has 0 radical (unpaired) electrons. The molecule has 0 atom stereocenters. The zero-order valence-electron chi connectivity index (χ0n) is 10.0. The fraction of sp³-hybridized carbons (Fsp3) is 0.357. The number of aromatic nitrogens is 1. The molecule has 3 nitrogen and oxygen atoms in total. The number of nitrogens with zero attached hydrogens (tertiary/aromatic N) is 2. The van der Waals surface area contributed by atoms with Crippen molar-refractivity contribution in [2.45, 2.75) is 6.92 Å². The average Bonchev–Trinajstić information content (AvgIpc) is 2.40. The van der Waals surface area contributed by atoms with E-state index in [2.05, 4.69) is 42.2 Å². The molecule has 0 saturated carbocycles. The summed E-state index contributed by atoms with van der Waals surface area (Å²) in [6, 6.07) is 10.6. The number of ether oxygens (including phenoxy) is 1. The van der Waals surface area contributed by atoms with Crippen LogP contribution in [0.15, 0.2) is 30.3 Å². The summed E-state index contributed by atoms with van der Waals surface area (Å²) < 4.78 is 5.36. The number of hydrogen-bond donors (Lipinski definition) is 0. The predicted octanol–water partition coefficient (Wildman–Crippen LogP) is 2.38. The van der Waals surface area contributed by atoms with Crippen molar-refractivity contribution < 1.29 is 4.74 Å². The summed E-state index contributed by atoms with van der Waals surface area (Å²) in [5.74, 6) is 1.06. The second kappa shape index (κ2) is 4.34. The number of para-hydroxylation sites is 1. The largest absolute Gasteiger partial charge is 0.378 e. The van der Waals surface area contributed by atoms with Crippen molar-refractivity contribution in [1.82, 2.24) is 4.98 Å². The van der Waals surface area contributed by atoms with Gasteiger partial charge in [0.05, 0.1) is 18.7 Å². The molecule has 1 aromatic heterocycles. The molecule has 88 valence electrons. The molecule has 0 unspecified atom stereocenters. The predicted molar refractivity (Wildman–Crippen MR) is 69.5 cm³/mol. The molecule has 0 bridgehead atoms. The summed E-state index contributed by atoms with van der Waals surface area (Å²) in [6.07, 6.45) is 0. The Labute approximate surface area is 101 Å². The molecule has 2 aromatic rings. The Balaban J connectivity index is 2.03. The Morgan fingerprint density at radius 3 is 2.76 bits per heavy atom. The molecule has 1 aromatic carbocycles. The van der Waals surface area contributed by atoms with Crippen molar-refractivity contribution in [3.63, 3.8) is 0 Å². The molecule has 3 heteroatoms. The lowest BCUT2D eigenvalue weighted by Gasteiger charge is -2.28. The number of aryl methyl sites for hydroxylation is 1. The van der Waals surface area contributed by atoms with Gasteiger partial charge in [-0.05, 0) is 24.6 Å². The molecule has 1 aliphatic heterocycles. The fourth-order valence-electron chi connectivity index (χ4n) is 2.25. The summed E-state index contributed by atoms with van der Waals surface area (Å²) in [5, 5.41) is 1.21. The maximum atomic E-state index is 5.36. The second-order valence-corrected chi connectivity index (χ2v) is 4.42. The van der Waals surface area contributed by atoms with Gasteiger partial charge in [0.15, 0.2) is 0 Å². The molecule has 1 saturated heterocycles. The Hall–Kier alpha value is -1.61. The van der Waals surface area contributed by atoms with Crippen molar-refractivity contribution >= 4 is 16.7 Å². The van der Waals surface area contributed by atoms with Gasteiger partial charge in [0, 0.05) is 18.5 Å². The Morgan fingerprint density at radius 1 is 1.12 bits per heavy atom. The third-order valence-corrected chi connectivity index (χ3v) is 3.24.